The summed E-state index contributed by atoms with van der Waals surface area (Å²) in [5, 5.41) is 0.753. The highest BCUT2D eigenvalue weighted by Crippen LogP contribution is 2.33. The Labute approximate surface area is 132 Å². The predicted octanol–water partition coefficient (Wildman–Crippen LogP) is 2.82. The first-order valence-corrected chi connectivity index (χ1v) is 8.15. The summed E-state index contributed by atoms with van der Waals surface area (Å²) in [4.78, 5) is 19.4. The van der Waals surface area contributed by atoms with Crippen molar-refractivity contribution in [1.29, 1.82) is 0 Å². The number of hydrogen-bond donors (Lipinski definition) is 1. The number of nitrogens with two attached hydrogens (primary N) is 1. The van der Waals surface area contributed by atoms with Gasteiger partial charge in [0.2, 0.25) is 0 Å². The first kappa shape index (κ1) is 15.1. The molecule has 1 atom stereocenters. The van der Waals surface area contributed by atoms with Crippen molar-refractivity contribution in [1.82, 2.24) is 9.88 Å². The van der Waals surface area contributed by atoms with Crippen molar-refractivity contribution in [3.63, 3.8) is 0 Å². The van der Waals surface area contributed by atoms with E-state index in [0.717, 1.165) is 17.8 Å². The van der Waals surface area contributed by atoms with Gasteiger partial charge in [-0.05, 0) is 25.8 Å². The van der Waals surface area contributed by atoms with Gasteiger partial charge in [-0.25, -0.2) is 9.37 Å². The highest BCUT2D eigenvalue weighted by atomic mass is 32.1. The molecule has 0 radical (unpaired) electrons. The second-order valence-electron chi connectivity index (χ2n) is 5.54. The quantitative estimate of drug-likeness (QED) is 0.926. The van der Waals surface area contributed by atoms with Crippen LogP contribution in [0.5, 0.6) is 0 Å². The van der Waals surface area contributed by atoms with Gasteiger partial charge < -0.3 is 10.6 Å². The zero-order valence-corrected chi connectivity index (χ0v) is 13.2. The topological polar surface area (TPSA) is 59.2 Å². The number of hydrogen-bond acceptors (Lipinski definition) is 4. The Morgan fingerprint density at radius 2 is 2.23 bits per heavy atom. The SMILES string of the molecule is Cc1nc(C(=O)N2CCCC(N)C2)c(-c2ccccc2F)s1. The second-order valence-corrected chi connectivity index (χ2v) is 6.75. The zero-order chi connectivity index (χ0) is 15.7. The monoisotopic (exact) mass is 319 g/mol. The fraction of sp³-hybridized carbons (Fsp3) is 0.375. The first-order chi connectivity index (χ1) is 10.6. The van der Waals surface area contributed by atoms with Gasteiger partial charge in [0, 0.05) is 24.7 Å². The fourth-order valence-electron chi connectivity index (χ4n) is 2.74. The number of carbonyl (C=O) groups is 1. The molecule has 1 fully saturated rings. The van der Waals surface area contributed by atoms with E-state index in [4.69, 9.17) is 5.73 Å². The standard InChI is InChI=1S/C16H18FN3OS/c1-10-19-14(16(21)20-8-4-5-11(18)9-20)15(22-10)12-6-2-3-7-13(12)17/h2-3,6-7,11H,4-5,8-9,18H2,1H3. The van der Waals surface area contributed by atoms with Crippen LogP contribution >= 0.6 is 11.3 Å². The molecule has 1 unspecified atom stereocenters. The summed E-state index contributed by atoms with van der Waals surface area (Å²) in [5.74, 6) is -0.492. The molecule has 1 aromatic carbocycles. The molecule has 0 aliphatic carbocycles. The van der Waals surface area contributed by atoms with E-state index in [1.54, 1.807) is 23.1 Å². The van der Waals surface area contributed by atoms with Crippen molar-refractivity contribution >= 4 is 17.2 Å². The van der Waals surface area contributed by atoms with E-state index in [0.29, 0.717) is 29.2 Å². The van der Waals surface area contributed by atoms with E-state index in [9.17, 15) is 9.18 Å². The molecule has 2 N–H and O–H groups in total. The van der Waals surface area contributed by atoms with E-state index in [-0.39, 0.29) is 17.8 Å². The number of aromatic nitrogens is 1. The van der Waals surface area contributed by atoms with Crippen LogP contribution in [0.4, 0.5) is 4.39 Å². The Hall–Kier alpha value is -1.79. The Morgan fingerprint density at radius 1 is 1.45 bits per heavy atom. The van der Waals surface area contributed by atoms with Gasteiger partial charge in [-0.15, -0.1) is 11.3 Å². The molecule has 1 aliphatic heterocycles. The smallest absolute Gasteiger partial charge is 0.274 e. The van der Waals surface area contributed by atoms with Crippen molar-refractivity contribution in [2.45, 2.75) is 25.8 Å². The maximum Gasteiger partial charge on any atom is 0.274 e. The molecule has 0 spiro atoms. The number of rotatable bonds is 2. The van der Waals surface area contributed by atoms with Crippen LogP contribution in [0.15, 0.2) is 24.3 Å². The minimum absolute atomic E-state index is 0.00865. The van der Waals surface area contributed by atoms with E-state index < -0.39 is 0 Å². The molecule has 0 bridgehead atoms. The van der Waals surface area contributed by atoms with E-state index in [1.165, 1.54) is 17.4 Å². The lowest BCUT2D eigenvalue weighted by molar-refractivity contribution is 0.0704. The van der Waals surface area contributed by atoms with Crippen LogP contribution in [-0.2, 0) is 0 Å². The number of benzene rings is 1. The molecule has 1 amide bonds. The van der Waals surface area contributed by atoms with Gasteiger partial charge in [0.1, 0.15) is 11.5 Å². The number of amides is 1. The number of piperidine rings is 1. The molecule has 116 valence electrons. The minimum atomic E-state index is -0.337. The average Bonchev–Trinajstić information content (AvgIpc) is 2.88. The number of thiazole rings is 1. The number of aryl methyl sites for hydroxylation is 1. The minimum Gasteiger partial charge on any atom is -0.336 e. The lowest BCUT2D eigenvalue weighted by Crippen LogP contribution is -2.45. The Balaban J connectivity index is 1.98. The van der Waals surface area contributed by atoms with Gasteiger partial charge in [0.15, 0.2) is 0 Å². The Kier molecular flexibility index (Phi) is 4.22. The molecule has 1 saturated heterocycles. The molecule has 1 aromatic heterocycles. The summed E-state index contributed by atoms with van der Waals surface area (Å²) >= 11 is 1.34. The molecule has 6 heteroatoms. The van der Waals surface area contributed by atoms with Gasteiger partial charge in [0.25, 0.3) is 5.91 Å². The van der Waals surface area contributed by atoms with Crippen LogP contribution in [0.25, 0.3) is 10.4 Å². The van der Waals surface area contributed by atoms with Crippen LogP contribution < -0.4 is 5.73 Å². The molecule has 2 aromatic rings. The van der Waals surface area contributed by atoms with Gasteiger partial charge in [-0.3, -0.25) is 4.79 Å². The molecule has 1 aliphatic rings. The third kappa shape index (κ3) is 2.89. The Bertz CT molecular complexity index is 700. The molecule has 2 heterocycles. The second kappa shape index (κ2) is 6.14. The van der Waals surface area contributed by atoms with Crippen molar-refractivity contribution < 1.29 is 9.18 Å². The molecule has 4 nitrogen and oxygen atoms in total. The number of carbonyl (C=O) groups excluding carboxylic acids is 1. The number of likely N-dealkylation sites (tertiary alicyclic amines) is 1. The lowest BCUT2D eigenvalue weighted by atomic mass is 10.1. The molecular formula is C16H18FN3OS. The van der Waals surface area contributed by atoms with Gasteiger partial charge >= 0.3 is 0 Å². The molecular weight excluding hydrogens is 301 g/mol. The van der Waals surface area contributed by atoms with Crippen molar-refractivity contribution in [2.24, 2.45) is 5.73 Å². The summed E-state index contributed by atoms with van der Waals surface area (Å²) in [6, 6.07) is 6.49. The summed E-state index contributed by atoms with van der Waals surface area (Å²) in [7, 11) is 0. The van der Waals surface area contributed by atoms with Gasteiger partial charge in [-0.1, -0.05) is 18.2 Å². The Morgan fingerprint density at radius 3 is 2.95 bits per heavy atom. The number of halogens is 1. The van der Waals surface area contributed by atoms with Crippen LogP contribution in [0.2, 0.25) is 0 Å². The van der Waals surface area contributed by atoms with Gasteiger partial charge in [0.05, 0.1) is 9.88 Å². The highest BCUT2D eigenvalue weighted by Gasteiger charge is 2.27. The van der Waals surface area contributed by atoms with Crippen LogP contribution in [0.3, 0.4) is 0 Å². The van der Waals surface area contributed by atoms with E-state index in [1.807, 2.05) is 6.92 Å². The van der Waals surface area contributed by atoms with E-state index >= 15 is 0 Å². The normalized spacial score (nSPS) is 18.5. The fourth-order valence-corrected chi connectivity index (χ4v) is 3.68. The van der Waals surface area contributed by atoms with E-state index in [2.05, 4.69) is 4.98 Å². The third-order valence-corrected chi connectivity index (χ3v) is 4.80. The summed E-state index contributed by atoms with van der Waals surface area (Å²) in [5.41, 5.74) is 6.71. The summed E-state index contributed by atoms with van der Waals surface area (Å²) in [6.07, 6.45) is 1.82. The molecule has 0 saturated carbocycles. The maximum absolute atomic E-state index is 14.1. The van der Waals surface area contributed by atoms with Crippen LogP contribution in [0.1, 0.15) is 28.3 Å². The lowest BCUT2D eigenvalue weighted by Gasteiger charge is -2.30. The predicted molar refractivity (Wildman–Crippen MR) is 85.4 cm³/mol. The third-order valence-electron chi connectivity index (χ3n) is 3.80. The molecule has 3 rings (SSSR count). The van der Waals surface area contributed by atoms with Crippen molar-refractivity contribution in [3.05, 3.63) is 40.8 Å². The largest absolute Gasteiger partial charge is 0.336 e. The highest BCUT2D eigenvalue weighted by molar-refractivity contribution is 7.15. The first-order valence-electron chi connectivity index (χ1n) is 7.33. The zero-order valence-electron chi connectivity index (χ0n) is 12.4. The average molecular weight is 319 g/mol. The van der Waals surface area contributed by atoms with Crippen LogP contribution in [-0.4, -0.2) is 34.9 Å². The van der Waals surface area contributed by atoms with Gasteiger partial charge in [-0.2, -0.15) is 0 Å². The summed E-state index contributed by atoms with van der Waals surface area (Å²) in [6.45, 7) is 3.04. The summed E-state index contributed by atoms with van der Waals surface area (Å²) < 4.78 is 14.1. The van der Waals surface area contributed by atoms with Crippen molar-refractivity contribution in [2.75, 3.05) is 13.1 Å². The van der Waals surface area contributed by atoms with Crippen LogP contribution in [0, 0.1) is 12.7 Å². The number of nitrogens with zero attached hydrogens (tertiary/aromatic N) is 2. The molecule has 22 heavy (non-hydrogen) atoms. The maximum atomic E-state index is 14.1. The van der Waals surface area contributed by atoms with Crippen molar-refractivity contribution in [3.8, 4) is 10.4 Å².